The first-order valence-electron chi connectivity index (χ1n) is 12.2. The number of hydrogen-bond acceptors (Lipinski definition) is 3. The molecule has 4 heteroatoms. The van der Waals surface area contributed by atoms with E-state index >= 15 is 0 Å². The highest BCUT2D eigenvalue weighted by Crippen LogP contribution is 2.32. The number of esters is 1. The van der Waals surface area contributed by atoms with Gasteiger partial charge in [0.05, 0.1) is 17.9 Å². The Hall–Kier alpha value is -1.06. The van der Waals surface area contributed by atoms with E-state index in [-0.39, 0.29) is 17.3 Å². The molecule has 0 aromatic carbocycles. The molecule has 0 rings (SSSR count). The number of rotatable bonds is 17. The molecule has 2 unspecified atom stereocenters. The maximum atomic E-state index is 12.4. The van der Waals surface area contributed by atoms with E-state index in [1.54, 1.807) is 6.92 Å². The highest BCUT2D eigenvalue weighted by Gasteiger charge is 2.33. The predicted molar refractivity (Wildman–Crippen MR) is 123 cm³/mol. The van der Waals surface area contributed by atoms with Crippen LogP contribution in [0, 0.1) is 11.3 Å². The van der Waals surface area contributed by atoms with Crippen LogP contribution in [-0.2, 0) is 14.3 Å². The van der Waals surface area contributed by atoms with Gasteiger partial charge in [0, 0.05) is 0 Å². The standard InChI is InChI=1S/C19H38O2.C6H12O2/c1-5-8-10-12-14-17-21-18(20)19(4,15-7-3)16-13-11-9-6-2;1-3-4-5(2)6(7)8/h5-17H2,1-4H3;5H,3-4H2,1-2H3,(H,7,8). The fourth-order valence-electron chi connectivity index (χ4n) is 3.42. The number of carbonyl (C=O) groups excluding carboxylic acids is 1. The Balaban J connectivity index is 0. The van der Waals surface area contributed by atoms with Crippen LogP contribution in [0.5, 0.6) is 0 Å². The van der Waals surface area contributed by atoms with Gasteiger partial charge >= 0.3 is 11.9 Å². The van der Waals surface area contributed by atoms with Crippen molar-refractivity contribution >= 4 is 11.9 Å². The van der Waals surface area contributed by atoms with Crippen LogP contribution < -0.4 is 0 Å². The van der Waals surface area contributed by atoms with Crippen molar-refractivity contribution in [2.24, 2.45) is 11.3 Å². The van der Waals surface area contributed by atoms with Crippen LogP contribution in [0.15, 0.2) is 0 Å². The van der Waals surface area contributed by atoms with E-state index in [9.17, 15) is 9.59 Å². The summed E-state index contributed by atoms with van der Waals surface area (Å²) < 4.78 is 5.56. The molecule has 0 fully saturated rings. The maximum Gasteiger partial charge on any atom is 0.311 e. The monoisotopic (exact) mass is 414 g/mol. The van der Waals surface area contributed by atoms with Gasteiger partial charge in [0.25, 0.3) is 0 Å². The van der Waals surface area contributed by atoms with E-state index in [0.29, 0.717) is 6.61 Å². The average molecular weight is 415 g/mol. The summed E-state index contributed by atoms with van der Waals surface area (Å²) in [5.74, 6) is -0.816. The molecule has 1 N–H and O–H groups in total. The van der Waals surface area contributed by atoms with Gasteiger partial charge in [-0.15, -0.1) is 0 Å². The summed E-state index contributed by atoms with van der Waals surface area (Å²) in [6.45, 7) is 13.0. The lowest BCUT2D eigenvalue weighted by atomic mass is 9.80. The van der Waals surface area contributed by atoms with Crippen molar-refractivity contribution in [1.82, 2.24) is 0 Å². The molecule has 0 radical (unpaired) electrons. The van der Waals surface area contributed by atoms with E-state index < -0.39 is 5.97 Å². The normalized spacial score (nSPS) is 13.7. The topological polar surface area (TPSA) is 63.6 Å². The van der Waals surface area contributed by atoms with Gasteiger partial charge in [-0.25, -0.2) is 0 Å². The molecule has 0 spiro atoms. The minimum absolute atomic E-state index is 0.0383. The number of carboxylic acids is 1. The molecule has 2 atom stereocenters. The summed E-state index contributed by atoms with van der Waals surface area (Å²) in [6, 6.07) is 0. The number of carboxylic acid groups (broad SMARTS) is 1. The number of hydrogen-bond donors (Lipinski definition) is 1. The van der Waals surface area contributed by atoms with Gasteiger partial charge in [0.15, 0.2) is 0 Å². The lowest BCUT2D eigenvalue weighted by Gasteiger charge is -2.27. The fraction of sp³-hybridized carbons (Fsp3) is 0.920. The Morgan fingerprint density at radius 2 is 1.34 bits per heavy atom. The first kappa shape index (κ1) is 30.1. The largest absolute Gasteiger partial charge is 0.481 e. The molecule has 0 aromatic rings. The number of ether oxygens (including phenoxy) is 1. The fourth-order valence-corrected chi connectivity index (χ4v) is 3.42. The van der Waals surface area contributed by atoms with Gasteiger partial charge in [-0.1, -0.05) is 98.8 Å². The Labute approximate surface area is 181 Å². The zero-order valence-electron chi connectivity index (χ0n) is 20.4. The molecule has 0 aromatic heterocycles. The summed E-state index contributed by atoms with van der Waals surface area (Å²) in [5, 5.41) is 8.31. The second kappa shape index (κ2) is 20.2. The molecular weight excluding hydrogens is 364 g/mol. The quantitative estimate of drug-likeness (QED) is 0.195. The highest BCUT2D eigenvalue weighted by atomic mass is 16.5. The van der Waals surface area contributed by atoms with Crippen LogP contribution in [-0.4, -0.2) is 23.7 Å². The second-order valence-electron chi connectivity index (χ2n) is 8.70. The van der Waals surface area contributed by atoms with E-state index in [2.05, 4.69) is 27.7 Å². The molecule has 4 nitrogen and oxygen atoms in total. The minimum atomic E-state index is -0.688. The van der Waals surface area contributed by atoms with Gasteiger partial charge in [-0.05, 0) is 32.6 Å². The first-order chi connectivity index (χ1) is 13.8. The molecule has 0 saturated carbocycles. The Morgan fingerprint density at radius 1 is 0.793 bits per heavy atom. The van der Waals surface area contributed by atoms with Crippen LogP contribution in [0.3, 0.4) is 0 Å². The Morgan fingerprint density at radius 3 is 1.79 bits per heavy atom. The molecule has 0 aliphatic carbocycles. The van der Waals surface area contributed by atoms with Crippen LogP contribution >= 0.6 is 0 Å². The number of aliphatic carboxylic acids is 1. The average Bonchev–Trinajstić information content (AvgIpc) is 2.68. The van der Waals surface area contributed by atoms with Crippen LogP contribution in [0.1, 0.15) is 131 Å². The molecular formula is C25H50O4. The molecule has 0 saturated heterocycles. The SMILES string of the molecule is CCCC(C)C(=O)O.CCCCCCCOC(=O)C(C)(CCC)CCCCCC. The number of unbranched alkanes of at least 4 members (excludes halogenated alkanes) is 7. The van der Waals surface area contributed by atoms with Gasteiger partial charge in [-0.2, -0.15) is 0 Å². The lowest BCUT2D eigenvalue weighted by molar-refractivity contribution is -0.156. The van der Waals surface area contributed by atoms with Crippen molar-refractivity contribution in [2.45, 2.75) is 131 Å². The van der Waals surface area contributed by atoms with E-state index in [1.807, 2.05) is 6.92 Å². The zero-order chi connectivity index (χ0) is 22.5. The van der Waals surface area contributed by atoms with E-state index in [0.717, 1.165) is 44.9 Å². The van der Waals surface area contributed by atoms with Gasteiger partial charge in [0.1, 0.15) is 0 Å². The van der Waals surface area contributed by atoms with Crippen molar-refractivity contribution < 1.29 is 19.4 Å². The predicted octanol–water partition coefficient (Wildman–Crippen LogP) is 7.78. The summed E-state index contributed by atoms with van der Waals surface area (Å²) in [6.07, 6.45) is 15.6. The molecule has 0 heterocycles. The summed E-state index contributed by atoms with van der Waals surface area (Å²) in [7, 11) is 0. The van der Waals surface area contributed by atoms with Crippen molar-refractivity contribution in [2.75, 3.05) is 6.61 Å². The minimum Gasteiger partial charge on any atom is -0.481 e. The second-order valence-corrected chi connectivity index (χ2v) is 8.70. The Bertz CT molecular complexity index is 394. The molecule has 0 amide bonds. The van der Waals surface area contributed by atoms with E-state index in [4.69, 9.17) is 9.84 Å². The van der Waals surface area contributed by atoms with Crippen LogP contribution in [0.25, 0.3) is 0 Å². The summed E-state index contributed by atoms with van der Waals surface area (Å²) in [5.41, 5.74) is -0.258. The van der Waals surface area contributed by atoms with Crippen LogP contribution in [0.2, 0.25) is 0 Å². The van der Waals surface area contributed by atoms with Gasteiger partial charge in [0.2, 0.25) is 0 Å². The number of carbonyl (C=O) groups is 2. The third kappa shape index (κ3) is 17.5. The maximum absolute atomic E-state index is 12.4. The zero-order valence-corrected chi connectivity index (χ0v) is 20.4. The first-order valence-corrected chi connectivity index (χ1v) is 12.2. The van der Waals surface area contributed by atoms with Crippen molar-refractivity contribution in [3.8, 4) is 0 Å². The van der Waals surface area contributed by atoms with Crippen LogP contribution in [0.4, 0.5) is 0 Å². The van der Waals surface area contributed by atoms with Gasteiger partial charge in [-0.3, -0.25) is 9.59 Å². The van der Waals surface area contributed by atoms with Crippen molar-refractivity contribution in [1.29, 1.82) is 0 Å². The van der Waals surface area contributed by atoms with Crippen molar-refractivity contribution in [3.05, 3.63) is 0 Å². The lowest BCUT2D eigenvalue weighted by Crippen LogP contribution is -2.30. The Kier molecular flexibility index (Phi) is 21.0. The molecule has 174 valence electrons. The highest BCUT2D eigenvalue weighted by molar-refractivity contribution is 5.76. The molecule has 0 aliphatic rings. The molecule has 0 bridgehead atoms. The van der Waals surface area contributed by atoms with E-state index in [1.165, 1.54) is 44.9 Å². The summed E-state index contributed by atoms with van der Waals surface area (Å²) >= 11 is 0. The van der Waals surface area contributed by atoms with Gasteiger partial charge < -0.3 is 9.84 Å². The molecule has 0 aliphatic heterocycles. The summed E-state index contributed by atoms with van der Waals surface area (Å²) in [4.78, 5) is 22.5. The third-order valence-corrected chi connectivity index (χ3v) is 5.50. The van der Waals surface area contributed by atoms with Crippen molar-refractivity contribution in [3.63, 3.8) is 0 Å². The third-order valence-electron chi connectivity index (χ3n) is 5.50. The smallest absolute Gasteiger partial charge is 0.311 e. The molecule has 29 heavy (non-hydrogen) atoms.